The highest BCUT2D eigenvalue weighted by Crippen LogP contribution is 2.26. The van der Waals surface area contributed by atoms with E-state index < -0.39 is 16.1 Å². The largest absolute Gasteiger partial charge is 0.388 e. The topological polar surface area (TPSA) is 95.5 Å². The number of carbonyl (C=O) groups is 1. The van der Waals surface area contributed by atoms with Crippen molar-refractivity contribution in [3.63, 3.8) is 0 Å². The van der Waals surface area contributed by atoms with Crippen LogP contribution in [0.5, 0.6) is 0 Å². The number of hydrogen-bond acceptors (Lipinski definition) is 4. The molecule has 0 fully saturated rings. The first-order chi connectivity index (χ1) is 14.3. The summed E-state index contributed by atoms with van der Waals surface area (Å²) in [6, 6.07) is 19.5. The minimum absolute atomic E-state index is 0.0958. The van der Waals surface area contributed by atoms with Crippen LogP contribution in [0.4, 0.5) is 5.69 Å². The molecule has 3 N–H and O–H groups in total. The van der Waals surface area contributed by atoms with Crippen molar-refractivity contribution in [2.24, 2.45) is 5.92 Å². The molecule has 3 rings (SSSR count). The molecular weight excluding hydrogens is 400 g/mol. The molecule has 0 spiro atoms. The van der Waals surface area contributed by atoms with Gasteiger partial charge in [0.05, 0.1) is 11.0 Å². The first-order valence-corrected chi connectivity index (χ1v) is 11.3. The molecule has 0 aliphatic rings. The lowest BCUT2D eigenvalue weighted by molar-refractivity contribution is -0.118. The number of aliphatic hydroxyl groups is 1. The number of hydrogen-bond donors (Lipinski definition) is 3. The van der Waals surface area contributed by atoms with Gasteiger partial charge in [-0.25, -0.2) is 13.1 Å². The standard InChI is InChI=1S/C23H26N2O4S/c1-16(2)23(27)25-18-10-12-19(13-11-18)30(28,29)24-15-14-22(26)21-9-5-7-17-6-3-4-8-20(17)21/h3-13,16,22,24,26H,14-15H2,1-2H3,(H,25,27)/t22-/m1/s1. The third-order valence-electron chi connectivity index (χ3n) is 4.85. The van der Waals surface area contributed by atoms with E-state index in [1.807, 2.05) is 42.5 Å². The van der Waals surface area contributed by atoms with E-state index >= 15 is 0 Å². The summed E-state index contributed by atoms with van der Waals surface area (Å²) in [6.07, 6.45) is -0.539. The summed E-state index contributed by atoms with van der Waals surface area (Å²) in [6.45, 7) is 3.66. The summed E-state index contributed by atoms with van der Waals surface area (Å²) < 4.78 is 27.6. The van der Waals surface area contributed by atoms with Crippen molar-refractivity contribution in [2.45, 2.75) is 31.3 Å². The lowest BCUT2D eigenvalue weighted by atomic mass is 9.99. The van der Waals surface area contributed by atoms with Gasteiger partial charge in [0.1, 0.15) is 0 Å². The van der Waals surface area contributed by atoms with E-state index in [9.17, 15) is 18.3 Å². The zero-order valence-electron chi connectivity index (χ0n) is 17.0. The van der Waals surface area contributed by atoms with Gasteiger partial charge < -0.3 is 10.4 Å². The summed E-state index contributed by atoms with van der Waals surface area (Å²) in [5.41, 5.74) is 1.32. The van der Waals surface area contributed by atoms with Crippen LogP contribution in [0.15, 0.2) is 71.6 Å². The summed E-state index contributed by atoms with van der Waals surface area (Å²) in [5.74, 6) is -0.297. The quantitative estimate of drug-likeness (QED) is 0.510. The first kappa shape index (κ1) is 22.0. The molecule has 0 aromatic heterocycles. The second-order valence-corrected chi connectivity index (χ2v) is 9.21. The summed E-state index contributed by atoms with van der Waals surface area (Å²) in [5, 5.41) is 15.3. The molecule has 0 radical (unpaired) electrons. The highest BCUT2D eigenvalue weighted by molar-refractivity contribution is 7.89. The zero-order chi connectivity index (χ0) is 21.7. The van der Waals surface area contributed by atoms with Crippen molar-refractivity contribution in [3.8, 4) is 0 Å². The molecule has 0 aliphatic carbocycles. The Hall–Kier alpha value is -2.74. The Bertz CT molecular complexity index is 1120. The fourth-order valence-corrected chi connectivity index (χ4v) is 4.16. The molecular formula is C23H26N2O4S. The van der Waals surface area contributed by atoms with E-state index in [1.165, 1.54) is 12.1 Å². The smallest absolute Gasteiger partial charge is 0.240 e. The van der Waals surface area contributed by atoms with Crippen molar-refractivity contribution in [1.29, 1.82) is 0 Å². The molecule has 7 heteroatoms. The second kappa shape index (κ2) is 9.38. The van der Waals surface area contributed by atoms with Crippen LogP contribution in [0.1, 0.15) is 31.9 Å². The Balaban J connectivity index is 1.61. The van der Waals surface area contributed by atoms with E-state index in [1.54, 1.807) is 26.0 Å². The van der Waals surface area contributed by atoms with Gasteiger partial charge in [0.2, 0.25) is 15.9 Å². The Morgan fingerprint density at radius 3 is 2.33 bits per heavy atom. The Labute approximate surface area is 177 Å². The first-order valence-electron chi connectivity index (χ1n) is 9.84. The van der Waals surface area contributed by atoms with E-state index in [0.717, 1.165) is 16.3 Å². The van der Waals surface area contributed by atoms with Crippen molar-refractivity contribution in [1.82, 2.24) is 4.72 Å². The molecule has 3 aromatic carbocycles. The molecule has 30 heavy (non-hydrogen) atoms. The fraction of sp³-hybridized carbons (Fsp3) is 0.261. The van der Waals surface area contributed by atoms with Gasteiger partial charge in [-0.05, 0) is 47.0 Å². The number of sulfonamides is 1. The predicted molar refractivity (Wildman–Crippen MR) is 119 cm³/mol. The van der Waals surface area contributed by atoms with Gasteiger partial charge in [-0.3, -0.25) is 4.79 Å². The van der Waals surface area contributed by atoms with Gasteiger partial charge in [0.25, 0.3) is 0 Å². The predicted octanol–water partition coefficient (Wildman–Crippen LogP) is 3.84. The zero-order valence-corrected chi connectivity index (χ0v) is 17.8. The van der Waals surface area contributed by atoms with E-state index in [2.05, 4.69) is 10.0 Å². The fourth-order valence-electron chi connectivity index (χ4n) is 3.11. The van der Waals surface area contributed by atoms with E-state index in [4.69, 9.17) is 0 Å². The molecule has 1 atom stereocenters. The number of nitrogens with one attached hydrogen (secondary N) is 2. The third kappa shape index (κ3) is 5.24. The van der Waals surface area contributed by atoms with Gasteiger partial charge in [-0.15, -0.1) is 0 Å². The number of rotatable bonds is 8. The molecule has 3 aromatic rings. The number of anilines is 1. The van der Waals surface area contributed by atoms with Gasteiger partial charge >= 0.3 is 0 Å². The van der Waals surface area contributed by atoms with Crippen LogP contribution >= 0.6 is 0 Å². The molecule has 0 aliphatic heterocycles. The number of benzene rings is 3. The molecule has 0 bridgehead atoms. The lowest BCUT2D eigenvalue weighted by Crippen LogP contribution is -2.26. The van der Waals surface area contributed by atoms with Crippen LogP contribution in [0, 0.1) is 5.92 Å². The molecule has 0 unspecified atom stereocenters. The van der Waals surface area contributed by atoms with Crippen molar-refractivity contribution < 1.29 is 18.3 Å². The number of fused-ring (bicyclic) bond motifs is 1. The van der Waals surface area contributed by atoms with Gasteiger partial charge in [0.15, 0.2) is 0 Å². The number of aliphatic hydroxyl groups excluding tert-OH is 1. The van der Waals surface area contributed by atoms with Crippen LogP contribution in [0.3, 0.4) is 0 Å². The van der Waals surface area contributed by atoms with Crippen LogP contribution < -0.4 is 10.0 Å². The molecule has 158 valence electrons. The highest BCUT2D eigenvalue weighted by Gasteiger charge is 2.16. The maximum atomic E-state index is 12.5. The average molecular weight is 427 g/mol. The Morgan fingerprint density at radius 1 is 0.967 bits per heavy atom. The monoisotopic (exact) mass is 426 g/mol. The minimum Gasteiger partial charge on any atom is -0.388 e. The molecule has 1 amide bonds. The molecule has 0 saturated heterocycles. The lowest BCUT2D eigenvalue weighted by Gasteiger charge is -2.14. The van der Waals surface area contributed by atoms with Crippen LogP contribution in [-0.2, 0) is 14.8 Å². The minimum atomic E-state index is -3.72. The van der Waals surface area contributed by atoms with Crippen molar-refractivity contribution >= 4 is 32.4 Å². The SMILES string of the molecule is CC(C)C(=O)Nc1ccc(S(=O)(=O)NCC[C@@H](O)c2cccc3ccccc23)cc1. The van der Waals surface area contributed by atoms with Crippen LogP contribution in [-0.4, -0.2) is 26.0 Å². The highest BCUT2D eigenvalue weighted by atomic mass is 32.2. The normalized spacial score (nSPS) is 12.8. The Morgan fingerprint density at radius 2 is 1.63 bits per heavy atom. The molecule has 6 nitrogen and oxygen atoms in total. The Kier molecular flexibility index (Phi) is 6.87. The van der Waals surface area contributed by atoms with Gasteiger partial charge in [-0.2, -0.15) is 0 Å². The van der Waals surface area contributed by atoms with Gasteiger partial charge in [-0.1, -0.05) is 56.3 Å². The van der Waals surface area contributed by atoms with E-state index in [-0.39, 0.29) is 29.7 Å². The molecule has 0 saturated carbocycles. The summed E-state index contributed by atoms with van der Waals surface area (Å²) >= 11 is 0. The van der Waals surface area contributed by atoms with E-state index in [0.29, 0.717) is 5.69 Å². The third-order valence-corrected chi connectivity index (χ3v) is 6.33. The summed E-state index contributed by atoms with van der Waals surface area (Å²) in [4.78, 5) is 11.8. The summed E-state index contributed by atoms with van der Waals surface area (Å²) in [7, 11) is -3.72. The maximum absolute atomic E-state index is 12.5. The van der Waals surface area contributed by atoms with Gasteiger partial charge in [0, 0.05) is 18.2 Å². The average Bonchev–Trinajstić information content (AvgIpc) is 2.73. The molecule has 0 heterocycles. The maximum Gasteiger partial charge on any atom is 0.240 e. The number of amides is 1. The number of carbonyl (C=O) groups excluding carboxylic acids is 1. The van der Waals surface area contributed by atoms with Crippen LogP contribution in [0.2, 0.25) is 0 Å². The van der Waals surface area contributed by atoms with Crippen molar-refractivity contribution in [2.75, 3.05) is 11.9 Å². The van der Waals surface area contributed by atoms with Crippen molar-refractivity contribution in [3.05, 3.63) is 72.3 Å². The second-order valence-electron chi connectivity index (χ2n) is 7.44. The van der Waals surface area contributed by atoms with Crippen LogP contribution in [0.25, 0.3) is 10.8 Å².